The number of aromatic amines is 1. The minimum absolute atomic E-state index is 0.123. The molecule has 0 aliphatic heterocycles. The fraction of sp³-hybridized carbons (Fsp3) is 0.333. The first kappa shape index (κ1) is 23.7. The lowest BCUT2D eigenvalue weighted by atomic mass is 10.1. The van der Waals surface area contributed by atoms with Crippen LogP contribution in [-0.2, 0) is 14.3 Å². The average molecular weight is 436 g/mol. The maximum atomic E-state index is 13.6. The number of ether oxygens (including phenoxy) is 2. The van der Waals surface area contributed by atoms with Crippen LogP contribution >= 0.6 is 0 Å². The van der Waals surface area contributed by atoms with Gasteiger partial charge in [0.05, 0.1) is 30.4 Å². The molecule has 10 heteroatoms. The highest BCUT2D eigenvalue weighted by Crippen LogP contribution is 2.21. The summed E-state index contributed by atoms with van der Waals surface area (Å²) in [6.07, 6.45) is -1.43. The van der Waals surface area contributed by atoms with Gasteiger partial charge in [-0.05, 0) is 38.5 Å². The molecule has 0 bridgehead atoms. The molecule has 2 N–H and O–H groups in total. The molecule has 1 heterocycles. The molecule has 0 radical (unpaired) electrons. The molecule has 0 aliphatic rings. The SMILES string of the molecule is COC(=O)c1c(C)[nH]c(C(=O)C(C)OC(=O)CCNC(=O)c2ccc(F)cc2F)c1C. The smallest absolute Gasteiger partial charge is 0.339 e. The van der Waals surface area contributed by atoms with Gasteiger partial charge in [-0.25, -0.2) is 13.6 Å². The van der Waals surface area contributed by atoms with Crippen LogP contribution in [0.4, 0.5) is 8.78 Å². The Morgan fingerprint density at radius 3 is 2.45 bits per heavy atom. The van der Waals surface area contributed by atoms with Crippen molar-refractivity contribution in [3.05, 3.63) is 57.9 Å². The van der Waals surface area contributed by atoms with E-state index in [0.717, 1.165) is 12.1 Å². The van der Waals surface area contributed by atoms with Crippen molar-refractivity contribution in [2.75, 3.05) is 13.7 Å². The van der Waals surface area contributed by atoms with Crippen LogP contribution in [0.1, 0.15) is 55.8 Å². The van der Waals surface area contributed by atoms with Crippen molar-refractivity contribution in [2.45, 2.75) is 33.3 Å². The molecule has 8 nitrogen and oxygen atoms in total. The van der Waals surface area contributed by atoms with E-state index in [0.29, 0.717) is 17.3 Å². The topological polar surface area (TPSA) is 115 Å². The van der Waals surface area contributed by atoms with E-state index in [1.807, 2.05) is 0 Å². The molecule has 2 aromatic rings. The zero-order valence-corrected chi connectivity index (χ0v) is 17.4. The summed E-state index contributed by atoms with van der Waals surface area (Å²) in [7, 11) is 1.23. The Kier molecular flexibility index (Phi) is 7.62. The van der Waals surface area contributed by atoms with Gasteiger partial charge in [0.1, 0.15) is 11.6 Å². The number of methoxy groups -OCH3 is 1. The van der Waals surface area contributed by atoms with E-state index in [4.69, 9.17) is 9.47 Å². The number of Topliss-reactive ketones (excluding diaryl/α,β-unsaturated/α-hetero) is 1. The summed E-state index contributed by atoms with van der Waals surface area (Å²) in [5.74, 6) is -4.56. The molecule has 0 saturated heterocycles. The van der Waals surface area contributed by atoms with Gasteiger partial charge in [0.15, 0.2) is 6.10 Å². The highest BCUT2D eigenvalue weighted by Gasteiger charge is 2.27. The highest BCUT2D eigenvalue weighted by molar-refractivity contribution is 6.04. The van der Waals surface area contributed by atoms with Crippen LogP contribution in [0.25, 0.3) is 0 Å². The standard InChI is InChI=1S/C21H22F2N2O6/c1-10-17(21(29)30-4)11(2)25-18(10)19(27)12(3)31-16(26)7-8-24-20(28)14-6-5-13(22)9-15(14)23/h5-6,9,12,25H,7-8H2,1-4H3,(H,24,28). The number of hydrogen-bond donors (Lipinski definition) is 2. The van der Waals surface area contributed by atoms with Gasteiger partial charge >= 0.3 is 11.9 Å². The molecule has 31 heavy (non-hydrogen) atoms. The highest BCUT2D eigenvalue weighted by atomic mass is 19.1. The van der Waals surface area contributed by atoms with Crippen molar-refractivity contribution >= 4 is 23.6 Å². The Morgan fingerprint density at radius 1 is 1.16 bits per heavy atom. The number of hydrogen-bond acceptors (Lipinski definition) is 6. The predicted octanol–water partition coefficient (Wildman–Crippen LogP) is 2.63. The van der Waals surface area contributed by atoms with E-state index < -0.39 is 41.4 Å². The lowest BCUT2D eigenvalue weighted by molar-refractivity contribution is -0.146. The number of nitrogens with one attached hydrogen (secondary N) is 2. The van der Waals surface area contributed by atoms with Crippen molar-refractivity contribution < 1.29 is 37.4 Å². The van der Waals surface area contributed by atoms with Crippen LogP contribution in [0.3, 0.4) is 0 Å². The van der Waals surface area contributed by atoms with Crippen molar-refractivity contribution in [3.8, 4) is 0 Å². The van der Waals surface area contributed by atoms with Crippen LogP contribution < -0.4 is 5.32 Å². The number of halogens is 2. The molecule has 0 aliphatic carbocycles. The minimum Gasteiger partial charge on any atom is -0.465 e. The van der Waals surface area contributed by atoms with Gasteiger partial charge < -0.3 is 19.8 Å². The summed E-state index contributed by atoms with van der Waals surface area (Å²) in [5.41, 5.74) is 0.823. The van der Waals surface area contributed by atoms with Crippen LogP contribution in [0.5, 0.6) is 0 Å². The number of aryl methyl sites for hydroxylation is 1. The van der Waals surface area contributed by atoms with Crippen molar-refractivity contribution in [1.29, 1.82) is 0 Å². The molecule has 0 fully saturated rings. The number of rotatable bonds is 8. The van der Waals surface area contributed by atoms with E-state index >= 15 is 0 Å². The number of carbonyl (C=O) groups is 4. The molecule has 166 valence electrons. The van der Waals surface area contributed by atoms with Gasteiger partial charge in [-0.15, -0.1) is 0 Å². The van der Waals surface area contributed by atoms with E-state index in [9.17, 15) is 28.0 Å². The average Bonchev–Trinajstić information content (AvgIpc) is 3.00. The Balaban J connectivity index is 1.92. The molecule has 1 unspecified atom stereocenters. The van der Waals surface area contributed by atoms with Gasteiger partial charge in [-0.1, -0.05) is 0 Å². The van der Waals surface area contributed by atoms with Gasteiger partial charge in [0.2, 0.25) is 5.78 Å². The summed E-state index contributed by atoms with van der Waals surface area (Å²) >= 11 is 0. The maximum Gasteiger partial charge on any atom is 0.339 e. The molecular formula is C21H22F2N2O6. The Morgan fingerprint density at radius 2 is 1.84 bits per heavy atom. The third-order valence-corrected chi connectivity index (χ3v) is 4.54. The fourth-order valence-corrected chi connectivity index (χ4v) is 2.96. The summed E-state index contributed by atoms with van der Waals surface area (Å²) in [4.78, 5) is 51.2. The monoisotopic (exact) mass is 436 g/mol. The number of esters is 2. The Labute approximate surface area is 176 Å². The van der Waals surface area contributed by atoms with Crippen LogP contribution in [0.2, 0.25) is 0 Å². The lowest BCUT2D eigenvalue weighted by Crippen LogP contribution is -2.30. The minimum atomic E-state index is -1.15. The third kappa shape index (κ3) is 5.53. The second-order valence-electron chi connectivity index (χ2n) is 6.74. The Bertz CT molecular complexity index is 1030. The molecule has 0 spiro atoms. The van der Waals surface area contributed by atoms with E-state index in [-0.39, 0.29) is 29.8 Å². The largest absolute Gasteiger partial charge is 0.465 e. The lowest BCUT2D eigenvalue weighted by Gasteiger charge is -2.12. The zero-order chi connectivity index (χ0) is 23.3. The van der Waals surface area contributed by atoms with Crippen LogP contribution in [0.15, 0.2) is 18.2 Å². The van der Waals surface area contributed by atoms with Gasteiger partial charge in [-0.2, -0.15) is 0 Å². The molecule has 1 amide bonds. The predicted molar refractivity (Wildman–Crippen MR) is 105 cm³/mol. The van der Waals surface area contributed by atoms with Gasteiger partial charge in [-0.3, -0.25) is 14.4 Å². The summed E-state index contributed by atoms with van der Waals surface area (Å²) in [6.45, 7) is 4.38. The van der Waals surface area contributed by atoms with E-state index in [2.05, 4.69) is 10.3 Å². The second kappa shape index (κ2) is 9.96. The number of H-pyrrole nitrogens is 1. The molecule has 1 aromatic heterocycles. The number of carbonyl (C=O) groups excluding carboxylic acids is 4. The van der Waals surface area contributed by atoms with Gasteiger partial charge in [0.25, 0.3) is 5.91 Å². The molecular weight excluding hydrogens is 414 g/mol. The normalized spacial score (nSPS) is 11.5. The second-order valence-corrected chi connectivity index (χ2v) is 6.74. The first-order chi connectivity index (χ1) is 14.6. The van der Waals surface area contributed by atoms with E-state index in [1.165, 1.54) is 14.0 Å². The maximum absolute atomic E-state index is 13.6. The molecule has 1 aromatic carbocycles. The van der Waals surface area contributed by atoms with Crippen molar-refractivity contribution in [3.63, 3.8) is 0 Å². The fourth-order valence-electron chi connectivity index (χ4n) is 2.96. The summed E-state index contributed by atoms with van der Waals surface area (Å²) in [5, 5.41) is 2.32. The van der Waals surface area contributed by atoms with Crippen molar-refractivity contribution in [1.82, 2.24) is 10.3 Å². The zero-order valence-electron chi connectivity index (χ0n) is 17.4. The summed E-state index contributed by atoms with van der Waals surface area (Å²) in [6, 6.07) is 2.50. The van der Waals surface area contributed by atoms with Crippen molar-refractivity contribution in [2.24, 2.45) is 0 Å². The number of aromatic nitrogens is 1. The van der Waals surface area contributed by atoms with E-state index in [1.54, 1.807) is 13.8 Å². The molecule has 2 rings (SSSR count). The number of benzene rings is 1. The first-order valence-corrected chi connectivity index (χ1v) is 9.31. The first-order valence-electron chi connectivity index (χ1n) is 9.31. The molecule has 0 saturated carbocycles. The third-order valence-electron chi connectivity index (χ3n) is 4.54. The quantitative estimate of drug-likeness (QED) is 0.486. The number of ketones is 1. The van der Waals surface area contributed by atoms with Gasteiger partial charge in [0, 0.05) is 18.3 Å². The molecule has 1 atom stereocenters. The number of amides is 1. The van der Waals surface area contributed by atoms with Crippen LogP contribution in [0, 0.1) is 25.5 Å². The van der Waals surface area contributed by atoms with Crippen LogP contribution in [-0.4, -0.2) is 48.4 Å². The Hall–Kier alpha value is -3.56. The summed E-state index contributed by atoms with van der Waals surface area (Å²) < 4.78 is 36.3.